The Morgan fingerprint density at radius 3 is 2.57 bits per heavy atom. The molecule has 1 aliphatic heterocycles. The first kappa shape index (κ1) is 4.56. The Morgan fingerprint density at radius 1 is 1.71 bits per heavy atom. The van der Waals surface area contributed by atoms with Gasteiger partial charge in [0.2, 0.25) is 0 Å². The van der Waals surface area contributed by atoms with E-state index in [1.165, 1.54) is 0 Å². The van der Waals surface area contributed by atoms with Gasteiger partial charge < -0.3 is 10.3 Å². The molecule has 0 radical (unpaired) electrons. The van der Waals surface area contributed by atoms with Crippen LogP contribution in [0.15, 0.2) is 24.0 Å². The summed E-state index contributed by atoms with van der Waals surface area (Å²) in [5, 5.41) is 10.4. The number of hydrogen-bond donors (Lipinski definition) is 1. The van der Waals surface area contributed by atoms with E-state index >= 15 is 0 Å². The molecule has 1 rings (SSSR count). The third-order valence-corrected chi connectivity index (χ3v) is 0.880. The van der Waals surface area contributed by atoms with Crippen LogP contribution in [0.2, 0.25) is 0 Å². The van der Waals surface area contributed by atoms with Gasteiger partial charge in [-0.05, 0) is 6.92 Å². The molecule has 1 unspecified atom stereocenters. The standard InChI is InChI=1S/C5H7NO/c1-5-2-3-6(7)4-5/h2-4,6H,1H3. The van der Waals surface area contributed by atoms with Crippen LogP contribution in [0.5, 0.6) is 0 Å². The van der Waals surface area contributed by atoms with Gasteiger partial charge in [0.25, 0.3) is 0 Å². The zero-order valence-electron chi connectivity index (χ0n) is 4.14. The quantitative estimate of drug-likeness (QED) is 0.416. The van der Waals surface area contributed by atoms with Gasteiger partial charge >= 0.3 is 0 Å². The van der Waals surface area contributed by atoms with Gasteiger partial charge in [0.05, 0.1) is 6.20 Å². The molecule has 1 aliphatic rings. The second-order valence-corrected chi connectivity index (χ2v) is 1.62. The Bertz CT molecular complexity index is 126. The summed E-state index contributed by atoms with van der Waals surface area (Å²) in [6.07, 6.45) is 4.98. The van der Waals surface area contributed by atoms with Crippen LogP contribution in [0.25, 0.3) is 0 Å². The summed E-state index contributed by atoms with van der Waals surface area (Å²) in [6.45, 7) is 1.90. The summed E-state index contributed by atoms with van der Waals surface area (Å²) in [5.41, 5.74) is 1.05. The number of rotatable bonds is 0. The van der Waals surface area contributed by atoms with Gasteiger partial charge in [-0.3, -0.25) is 0 Å². The Balaban J connectivity index is 2.69. The Hall–Kier alpha value is -0.600. The zero-order chi connectivity index (χ0) is 5.28. The van der Waals surface area contributed by atoms with Crippen LogP contribution in [0.1, 0.15) is 6.92 Å². The highest BCUT2D eigenvalue weighted by Gasteiger charge is 1.94. The molecule has 0 saturated heterocycles. The molecule has 1 atom stereocenters. The van der Waals surface area contributed by atoms with E-state index in [1.807, 2.05) is 13.0 Å². The SMILES string of the molecule is CC1=C[NH+]([O-])C=C1. The fourth-order valence-corrected chi connectivity index (χ4v) is 0.534. The van der Waals surface area contributed by atoms with E-state index in [0.717, 1.165) is 5.57 Å². The molecule has 2 nitrogen and oxygen atoms in total. The summed E-state index contributed by atoms with van der Waals surface area (Å²) >= 11 is 0. The topological polar surface area (TPSA) is 27.5 Å². The van der Waals surface area contributed by atoms with Crippen molar-refractivity contribution >= 4 is 0 Å². The lowest BCUT2D eigenvalue weighted by molar-refractivity contribution is -0.727. The van der Waals surface area contributed by atoms with Crippen LogP contribution in [0.4, 0.5) is 0 Å². The van der Waals surface area contributed by atoms with Crippen molar-refractivity contribution in [1.82, 2.24) is 0 Å². The first-order valence-corrected chi connectivity index (χ1v) is 2.19. The van der Waals surface area contributed by atoms with Crippen molar-refractivity contribution in [2.45, 2.75) is 6.92 Å². The molecule has 1 heterocycles. The molecule has 2 heteroatoms. The third kappa shape index (κ3) is 0.885. The van der Waals surface area contributed by atoms with Gasteiger partial charge in [0.1, 0.15) is 6.20 Å². The largest absolute Gasteiger partial charge is 0.624 e. The van der Waals surface area contributed by atoms with Crippen LogP contribution in [0, 0.1) is 5.21 Å². The lowest BCUT2D eigenvalue weighted by atomic mass is 10.4. The number of hydroxylamine groups is 2. The molecule has 0 aromatic rings. The molecule has 0 aliphatic carbocycles. The van der Waals surface area contributed by atoms with Gasteiger partial charge in [-0.15, -0.1) is 0 Å². The molecule has 1 N–H and O–H groups in total. The van der Waals surface area contributed by atoms with Crippen molar-refractivity contribution in [1.29, 1.82) is 0 Å². The first-order chi connectivity index (χ1) is 3.29. The normalized spacial score (nSPS) is 28.3. The molecule has 0 bridgehead atoms. The highest BCUT2D eigenvalue weighted by molar-refractivity contribution is 5.14. The second kappa shape index (κ2) is 1.48. The summed E-state index contributed by atoms with van der Waals surface area (Å²) in [7, 11) is 0. The third-order valence-electron chi connectivity index (χ3n) is 0.880. The first-order valence-electron chi connectivity index (χ1n) is 2.19. The number of hydrogen-bond acceptors (Lipinski definition) is 1. The van der Waals surface area contributed by atoms with Crippen LogP contribution in [-0.2, 0) is 0 Å². The van der Waals surface area contributed by atoms with E-state index in [2.05, 4.69) is 0 Å². The smallest absolute Gasteiger partial charge is 0.102 e. The molecule has 7 heavy (non-hydrogen) atoms. The molecular formula is C5H7NO. The molecule has 0 fully saturated rings. The zero-order valence-corrected chi connectivity index (χ0v) is 4.14. The summed E-state index contributed by atoms with van der Waals surface area (Å²) in [5.74, 6) is 0. The summed E-state index contributed by atoms with van der Waals surface area (Å²) < 4.78 is 0. The van der Waals surface area contributed by atoms with Gasteiger partial charge in [0.15, 0.2) is 0 Å². The highest BCUT2D eigenvalue weighted by Crippen LogP contribution is 1.91. The van der Waals surface area contributed by atoms with Crippen molar-refractivity contribution < 1.29 is 5.06 Å². The van der Waals surface area contributed by atoms with E-state index in [-0.39, 0.29) is 5.06 Å². The highest BCUT2D eigenvalue weighted by atomic mass is 16.5. The Labute approximate surface area is 42.3 Å². The minimum Gasteiger partial charge on any atom is -0.624 e. The van der Waals surface area contributed by atoms with Crippen molar-refractivity contribution in [3.8, 4) is 0 Å². The van der Waals surface area contributed by atoms with Gasteiger partial charge in [-0.25, -0.2) is 0 Å². The Kier molecular flexibility index (Phi) is 0.964. The van der Waals surface area contributed by atoms with Crippen LogP contribution in [-0.4, -0.2) is 0 Å². The number of allylic oxidation sites excluding steroid dienone is 2. The molecule has 0 saturated carbocycles. The predicted molar refractivity (Wildman–Crippen MR) is 27.2 cm³/mol. The molecule has 0 spiro atoms. The van der Waals surface area contributed by atoms with Crippen molar-refractivity contribution in [3.05, 3.63) is 29.3 Å². The molecule has 38 valence electrons. The minimum absolute atomic E-state index is 0.109. The average Bonchev–Trinajstić information content (AvgIpc) is 1.87. The van der Waals surface area contributed by atoms with E-state index < -0.39 is 0 Å². The summed E-state index contributed by atoms with van der Waals surface area (Å²) in [6, 6.07) is 0. The predicted octanol–water partition coefficient (Wildman–Crippen LogP) is -0.200. The lowest BCUT2D eigenvalue weighted by Gasteiger charge is -2.04. The maximum absolute atomic E-state index is 10.3. The molecule has 0 aromatic heterocycles. The van der Waals surface area contributed by atoms with Crippen molar-refractivity contribution in [2.75, 3.05) is 0 Å². The van der Waals surface area contributed by atoms with E-state index in [9.17, 15) is 5.21 Å². The van der Waals surface area contributed by atoms with Gasteiger partial charge in [-0.2, -0.15) is 0 Å². The Morgan fingerprint density at radius 2 is 2.43 bits per heavy atom. The van der Waals surface area contributed by atoms with E-state index in [1.54, 1.807) is 12.4 Å². The summed E-state index contributed by atoms with van der Waals surface area (Å²) in [4.78, 5) is 0. The van der Waals surface area contributed by atoms with Gasteiger partial charge in [-0.1, -0.05) is 0 Å². The van der Waals surface area contributed by atoms with Crippen LogP contribution >= 0.6 is 0 Å². The van der Waals surface area contributed by atoms with Crippen molar-refractivity contribution in [2.24, 2.45) is 0 Å². The molecule has 0 amide bonds. The average molecular weight is 97.1 g/mol. The second-order valence-electron chi connectivity index (χ2n) is 1.62. The molecular weight excluding hydrogens is 90.1 g/mol. The molecule has 0 aromatic carbocycles. The number of quaternary nitrogens is 1. The van der Waals surface area contributed by atoms with Gasteiger partial charge in [0, 0.05) is 11.6 Å². The lowest BCUT2D eigenvalue weighted by Crippen LogP contribution is -2.95. The monoisotopic (exact) mass is 97.1 g/mol. The fourth-order valence-electron chi connectivity index (χ4n) is 0.534. The fraction of sp³-hybridized carbons (Fsp3) is 0.200. The maximum Gasteiger partial charge on any atom is 0.102 e. The number of nitrogens with one attached hydrogen (secondary N) is 1. The van der Waals surface area contributed by atoms with Crippen molar-refractivity contribution in [3.63, 3.8) is 0 Å². The van der Waals surface area contributed by atoms with E-state index in [4.69, 9.17) is 0 Å². The maximum atomic E-state index is 10.3. The van der Waals surface area contributed by atoms with E-state index in [0.29, 0.717) is 0 Å². The van der Waals surface area contributed by atoms with Crippen LogP contribution < -0.4 is 5.06 Å². The minimum atomic E-state index is 0.109. The van der Waals surface area contributed by atoms with Crippen LogP contribution in [0.3, 0.4) is 0 Å².